The molecule has 4 aromatic rings. The zero-order valence-corrected chi connectivity index (χ0v) is 20.2. The number of nitrogens with zero attached hydrogens (tertiary/aromatic N) is 1. The number of rotatable bonds is 6. The van der Waals surface area contributed by atoms with Crippen LogP contribution in [-0.2, 0) is 6.61 Å². The molecule has 0 aliphatic carbocycles. The van der Waals surface area contributed by atoms with Crippen molar-refractivity contribution in [1.29, 1.82) is 0 Å². The van der Waals surface area contributed by atoms with E-state index < -0.39 is 11.8 Å². The average Bonchev–Trinajstić information content (AvgIpc) is 3.17. The van der Waals surface area contributed by atoms with E-state index in [4.69, 9.17) is 16.3 Å². The van der Waals surface area contributed by atoms with Crippen LogP contribution >= 0.6 is 27.5 Å². The highest BCUT2D eigenvalue weighted by Gasteiger charge is 2.16. The van der Waals surface area contributed by atoms with Crippen molar-refractivity contribution in [2.45, 2.75) is 20.5 Å². The molecule has 0 aliphatic heterocycles. The molecule has 1 N–H and O–H groups in total. The molecule has 0 bridgehead atoms. The van der Waals surface area contributed by atoms with E-state index in [9.17, 15) is 14.3 Å². The lowest BCUT2D eigenvalue weighted by atomic mass is 10.1. The maximum atomic E-state index is 14.0. The molecule has 0 saturated heterocycles. The Morgan fingerprint density at radius 2 is 1.88 bits per heavy atom. The predicted octanol–water partition coefficient (Wildman–Crippen LogP) is 7.59. The third-order valence-electron chi connectivity index (χ3n) is 5.41. The molecule has 0 amide bonds. The van der Waals surface area contributed by atoms with Gasteiger partial charge in [0.2, 0.25) is 0 Å². The van der Waals surface area contributed by atoms with Crippen LogP contribution in [0.1, 0.15) is 27.2 Å². The summed E-state index contributed by atoms with van der Waals surface area (Å²) in [5.41, 5.74) is 5.06. The van der Waals surface area contributed by atoms with E-state index in [1.54, 1.807) is 24.3 Å². The van der Waals surface area contributed by atoms with Crippen LogP contribution in [0.3, 0.4) is 0 Å². The number of carboxylic acid groups (broad SMARTS) is 1. The Labute approximate surface area is 204 Å². The van der Waals surface area contributed by atoms with Gasteiger partial charge in [-0.15, -0.1) is 0 Å². The van der Waals surface area contributed by atoms with Crippen molar-refractivity contribution in [2.75, 3.05) is 0 Å². The summed E-state index contributed by atoms with van der Waals surface area (Å²) >= 11 is 9.40. The minimum atomic E-state index is -0.986. The van der Waals surface area contributed by atoms with Crippen LogP contribution in [0.15, 0.2) is 71.2 Å². The van der Waals surface area contributed by atoms with E-state index in [2.05, 4.69) is 15.9 Å². The highest BCUT2D eigenvalue weighted by molar-refractivity contribution is 9.10. The number of ether oxygens (including phenoxy) is 1. The first-order valence-corrected chi connectivity index (χ1v) is 11.3. The summed E-state index contributed by atoms with van der Waals surface area (Å²) < 4.78 is 23.0. The van der Waals surface area contributed by atoms with Gasteiger partial charge in [0.1, 0.15) is 18.2 Å². The molecule has 1 aromatic heterocycles. The molecule has 7 heteroatoms. The Bertz CT molecular complexity index is 1370. The minimum absolute atomic E-state index is 0.0810. The van der Waals surface area contributed by atoms with Crippen LogP contribution < -0.4 is 4.74 Å². The van der Waals surface area contributed by atoms with Crippen molar-refractivity contribution in [3.63, 3.8) is 0 Å². The SMILES string of the molecule is Cc1cc(Cl)c(F)cc1COc1ccc(Br)cc1-c1ccc(C)n1-c1cccc(C(=O)O)c1. The normalized spacial score (nSPS) is 10.9. The molecule has 0 spiro atoms. The first kappa shape index (κ1) is 23.1. The van der Waals surface area contributed by atoms with Gasteiger partial charge in [0, 0.05) is 21.4 Å². The van der Waals surface area contributed by atoms with E-state index in [0.29, 0.717) is 11.3 Å². The van der Waals surface area contributed by atoms with Gasteiger partial charge >= 0.3 is 5.97 Å². The van der Waals surface area contributed by atoms with Crippen molar-refractivity contribution in [3.05, 3.63) is 104 Å². The summed E-state index contributed by atoms with van der Waals surface area (Å²) in [5, 5.41) is 9.49. The maximum absolute atomic E-state index is 14.0. The number of halogens is 3. The molecular formula is C26H20BrClFNO3. The zero-order chi connectivity index (χ0) is 23.7. The first-order chi connectivity index (χ1) is 15.7. The second-order valence-electron chi connectivity index (χ2n) is 7.67. The summed E-state index contributed by atoms with van der Waals surface area (Å²) in [6.07, 6.45) is 0. The lowest BCUT2D eigenvalue weighted by Gasteiger charge is -2.17. The summed E-state index contributed by atoms with van der Waals surface area (Å²) in [4.78, 5) is 11.5. The number of carbonyl (C=O) groups is 1. The molecule has 0 saturated carbocycles. The molecule has 4 nitrogen and oxygen atoms in total. The lowest BCUT2D eigenvalue weighted by molar-refractivity contribution is 0.0697. The van der Waals surface area contributed by atoms with Crippen molar-refractivity contribution in [2.24, 2.45) is 0 Å². The zero-order valence-electron chi connectivity index (χ0n) is 17.9. The minimum Gasteiger partial charge on any atom is -0.488 e. The van der Waals surface area contributed by atoms with Crippen molar-refractivity contribution >= 4 is 33.5 Å². The molecule has 33 heavy (non-hydrogen) atoms. The maximum Gasteiger partial charge on any atom is 0.335 e. The van der Waals surface area contributed by atoms with Crippen LogP contribution in [-0.4, -0.2) is 15.6 Å². The topological polar surface area (TPSA) is 51.5 Å². The number of aryl methyl sites for hydroxylation is 2. The van der Waals surface area contributed by atoms with E-state index in [-0.39, 0.29) is 17.2 Å². The Balaban J connectivity index is 1.76. The number of hydrogen-bond acceptors (Lipinski definition) is 2. The van der Waals surface area contributed by atoms with Gasteiger partial charge in [-0.3, -0.25) is 0 Å². The fourth-order valence-electron chi connectivity index (χ4n) is 3.70. The highest BCUT2D eigenvalue weighted by Crippen LogP contribution is 2.36. The van der Waals surface area contributed by atoms with Gasteiger partial charge in [-0.1, -0.05) is 33.6 Å². The van der Waals surface area contributed by atoms with Gasteiger partial charge in [0.15, 0.2) is 0 Å². The van der Waals surface area contributed by atoms with Crippen LogP contribution in [0.4, 0.5) is 4.39 Å². The fraction of sp³-hybridized carbons (Fsp3) is 0.115. The molecule has 0 atom stereocenters. The number of hydrogen-bond donors (Lipinski definition) is 1. The van der Waals surface area contributed by atoms with Gasteiger partial charge in [0.05, 0.1) is 16.3 Å². The summed E-state index contributed by atoms with van der Waals surface area (Å²) in [7, 11) is 0. The molecule has 0 radical (unpaired) electrons. The van der Waals surface area contributed by atoms with Crippen LogP contribution in [0.25, 0.3) is 16.9 Å². The molecule has 1 heterocycles. The number of carboxylic acids is 1. The van der Waals surface area contributed by atoms with Gasteiger partial charge in [-0.25, -0.2) is 9.18 Å². The Morgan fingerprint density at radius 3 is 2.64 bits per heavy atom. The quantitative estimate of drug-likeness (QED) is 0.280. The van der Waals surface area contributed by atoms with Crippen LogP contribution in [0.5, 0.6) is 5.75 Å². The second-order valence-corrected chi connectivity index (χ2v) is 9.00. The number of aromatic carboxylic acids is 1. The summed E-state index contributed by atoms with van der Waals surface area (Å²) in [6.45, 7) is 3.98. The number of aromatic nitrogens is 1. The lowest BCUT2D eigenvalue weighted by Crippen LogP contribution is -2.04. The molecule has 0 aliphatic rings. The van der Waals surface area contributed by atoms with Crippen LogP contribution in [0, 0.1) is 19.7 Å². The van der Waals surface area contributed by atoms with E-state index in [1.807, 2.05) is 54.8 Å². The van der Waals surface area contributed by atoms with Crippen molar-refractivity contribution in [1.82, 2.24) is 4.57 Å². The number of benzene rings is 3. The second kappa shape index (κ2) is 9.41. The van der Waals surface area contributed by atoms with E-state index >= 15 is 0 Å². The fourth-order valence-corrected chi connectivity index (χ4v) is 4.28. The van der Waals surface area contributed by atoms with Gasteiger partial charge < -0.3 is 14.4 Å². The average molecular weight is 529 g/mol. The monoisotopic (exact) mass is 527 g/mol. The molecule has 3 aromatic carbocycles. The largest absolute Gasteiger partial charge is 0.488 e. The highest BCUT2D eigenvalue weighted by atomic mass is 79.9. The standard InChI is InChI=1S/C26H20BrClFNO3/c1-15-10-22(28)23(29)12-18(15)14-33-25-9-7-19(27)13-21(25)24-8-6-16(2)30(24)20-5-3-4-17(11-20)26(31)32/h3-13H,14H2,1-2H3,(H,31,32). The van der Waals surface area contributed by atoms with Crippen molar-refractivity contribution < 1.29 is 19.0 Å². The third kappa shape index (κ3) is 4.82. The summed E-state index contributed by atoms with van der Waals surface area (Å²) in [6, 6.07) is 19.3. The summed E-state index contributed by atoms with van der Waals surface area (Å²) in [5.74, 6) is -0.860. The Hall–Kier alpha value is -3.09. The predicted molar refractivity (Wildman–Crippen MR) is 131 cm³/mol. The van der Waals surface area contributed by atoms with Gasteiger partial charge in [-0.2, -0.15) is 0 Å². The third-order valence-corrected chi connectivity index (χ3v) is 6.19. The molecule has 0 unspecified atom stereocenters. The molecule has 168 valence electrons. The molecular weight excluding hydrogens is 509 g/mol. The van der Waals surface area contributed by atoms with Crippen LogP contribution in [0.2, 0.25) is 5.02 Å². The first-order valence-electron chi connectivity index (χ1n) is 10.1. The smallest absolute Gasteiger partial charge is 0.335 e. The molecule has 0 fully saturated rings. The Morgan fingerprint density at radius 1 is 1.09 bits per heavy atom. The van der Waals surface area contributed by atoms with E-state index in [1.165, 1.54) is 6.07 Å². The molecule has 4 rings (SSSR count). The van der Waals surface area contributed by atoms with Gasteiger partial charge in [0.25, 0.3) is 0 Å². The van der Waals surface area contributed by atoms with Crippen molar-refractivity contribution in [3.8, 4) is 22.7 Å². The van der Waals surface area contributed by atoms with E-state index in [0.717, 1.165) is 32.7 Å². The van der Waals surface area contributed by atoms with Gasteiger partial charge in [-0.05, 0) is 85.6 Å². The Kier molecular flexibility index (Phi) is 6.58.